The van der Waals surface area contributed by atoms with Crippen LogP contribution in [0.4, 0.5) is 0 Å². The monoisotopic (exact) mass is 225 g/mol. The number of aliphatic hydroxyl groups excluding tert-OH is 1. The van der Waals surface area contributed by atoms with Gasteiger partial charge in [0.2, 0.25) is 0 Å². The number of furan rings is 1. The Morgan fingerprint density at radius 2 is 2.31 bits per heavy atom. The second kappa shape index (κ2) is 4.99. The van der Waals surface area contributed by atoms with E-state index in [9.17, 15) is 5.11 Å². The fourth-order valence-corrected chi connectivity index (χ4v) is 1.92. The highest BCUT2D eigenvalue weighted by Gasteiger charge is 2.28. The van der Waals surface area contributed by atoms with E-state index in [1.807, 2.05) is 19.1 Å². The molecule has 1 aliphatic heterocycles. The average Bonchev–Trinajstić information content (AvgIpc) is 2.88. The summed E-state index contributed by atoms with van der Waals surface area (Å²) in [6.45, 7) is 5.08. The minimum atomic E-state index is -0.414. The molecule has 0 radical (unpaired) electrons. The van der Waals surface area contributed by atoms with Crippen molar-refractivity contribution in [3.63, 3.8) is 0 Å². The maximum absolute atomic E-state index is 9.62. The lowest BCUT2D eigenvalue weighted by atomic mass is 10.1. The normalized spacial score (nSPS) is 27.2. The molecule has 0 saturated carbocycles. The smallest absolute Gasteiger partial charge is 0.120 e. The van der Waals surface area contributed by atoms with Crippen LogP contribution in [0, 0.1) is 0 Å². The van der Waals surface area contributed by atoms with Gasteiger partial charge in [-0.15, -0.1) is 0 Å². The summed E-state index contributed by atoms with van der Waals surface area (Å²) in [7, 11) is 0. The SMILES string of the molecule is CCc1ccc(C(C)NC2COCC2O)o1. The summed E-state index contributed by atoms with van der Waals surface area (Å²) in [5, 5.41) is 12.9. The first-order chi connectivity index (χ1) is 7.70. The number of ether oxygens (including phenoxy) is 1. The van der Waals surface area contributed by atoms with Crippen molar-refractivity contribution in [1.29, 1.82) is 0 Å². The molecule has 90 valence electrons. The molecule has 2 N–H and O–H groups in total. The molecule has 1 fully saturated rings. The van der Waals surface area contributed by atoms with E-state index in [-0.39, 0.29) is 12.1 Å². The van der Waals surface area contributed by atoms with E-state index >= 15 is 0 Å². The zero-order chi connectivity index (χ0) is 11.5. The van der Waals surface area contributed by atoms with Crippen LogP contribution in [0.1, 0.15) is 31.4 Å². The molecule has 0 aliphatic carbocycles. The lowest BCUT2D eigenvalue weighted by Gasteiger charge is -2.19. The Morgan fingerprint density at radius 1 is 1.50 bits per heavy atom. The third-order valence-corrected chi connectivity index (χ3v) is 2.97. The molecule has 2 heterocycles. The van der Waals surface area contributed by atoms with Crippen LogP contribution in [-0.4, -0.2) is 30.5 Å². The van der Waals surface area contributed by atoms with E-state index in [0.717, 1.165) is 17.9 Å². The van der Waals surface area contributed by atoms with Crippen molar-refractivity contribution < 1.29 is 14.3 Å². The molecule has 0 aromatic carbocycles. The van der Waals surface area contributed by atoms with Gasteiger partial charge in [0.25, 0.3) is 0 Å². The van der Waals surface area contributed by atoms with Gasteiger partial charge in [0.15, 0.2) is 0 Å². The van der Waals surface area contributed by atoms with Crippen LogP contribution in [0.5, 0.6) is 0 Å². The van der Waals surface area contributed by atoms with Crippen molar-refractivity contribution in [1.82, 2.24) is 5.32 Å². The van der Waals surface area contributed by atoms with Gasteiger partial charge in [-0.3, -0.25) is 0 Å². The summed E-state index contributed by atoms with van der Waals surface area (Å²) in [6, 6.07) is 4.08. The van der Waals surface area contributed by atoms with Crippen molar-refractivity contribution in [2.75, 3.05) is 13.2 Å². The van der Waals surface area contributed by atoms with E-state index < -0.39 is 6.10 Å². The van der Waals surface area contributed by atoms with Gasteiger partial charge in [0, 0.05) is 6.42 Å². The molecule has 4 nitrogen and oxygen atoms in total. The third kappa shape index (κ3) is 2.45. The summed E-state index contributed by atoms with van der Waals surface area (Å²) in [4.78, 5) is 0. The summed E-state index contributed by atoms with van der Waals surface area (Å²) in [5.41, 5.74) is 0. The number of hydrogen-bond acceptors (Lipinski definition) is 4. The Labute approximate surface area is 95.6 Å². The van der Waals surface area contributed by atoms with Crippen molar-refractivity contribution in [3.05, 3.63) is 23.7 Å². The van der Waals surface area contributed by atoms with Crippen molar-refractivity contribution in [3.8, 4) is 0 Å². The van der Waals surface area contributed by atoms with Crippen LogP contribution in [0.25, 0.3) is 0 Å². The fraction of sp³-hybridized carbons (Fsp3) is 0.667. The predicted octanol–water partition coefficient (Wildman–Crippen LogP) is 1.25. The Hall–Kier alpha value is -0.840. The van der Waals surface area contributed by atoms with Gasteiger partial charge >= 0.3 is 0 Å². The van der Waals surface area contributed by atoms with Crippen LogP contribution in [0.15, 0.2) is 16.5 Å². The molecule has 1 aromatic heterocycles. The van der Waals surface area contributed by atoms with Gasteiger partial charge in [-0.05, 0) is 19.1 Å². The first-order valence-electron chi connectivity index (χ1n) is 5.81. The fourth-order valence-electron chi connectivity index (χ4n) is 1.92. The molecule has 16 heavy (non-hydrogen) atoms. The van der Waals surface area contributed by atoms with Crippen LogP contribution in [0.2, 0.25) is 0 Å². The molecule has 1 saturated heterocycles. The van der Waals surface area contributed by atoms with Gasteiger partial charge in [-0.2, -0.15) is 0 Å². The van der Waals surface area contributed by atoms with Gasteiger partial charge in [-0.25, -0.2) is 0 Å². The van der Waals surface area contributed by atoms with E-state index in [4.69, 9.17) is 9.15 Å². The van der Waals surface area contributed by atoms with Gasteiger partial charge in [-0.1, -0.05) is 6.92 Å². The van der Waals surface area contributed by atoms with Gasteiger partial charge < -0.3 is 19.6 Å². The largest absolute Gasteiger partial charge is 0.464 e. The quantitative estimate of drug-likeness (QED) is 0.809. The summed E-state index contributed by atoms with van der Waals surface area (Å²) < 4.78 is 10.8. The van der Waals surface area contributed by atoms with Gasteiger partial charge in [0.1, 0.15) is 11.5 Å². The van der Waals surface area contributed by atoms with Crippen LogP contribution in [0.3, 0.4) is 0 Å². The number of rotatable bonds is 4. The second-order valence-corrected chi connectivity index (χ2v) is 4.26. The van der Waals surface area contributed by atoms with Gasteiger partial charge in [0.05, 0.1) is 31.4 Å². The van der Waals surface area contributed by atoms with E-state index in [0.29, 0.717) is 13.2 Å². The molecule has 0 spiro atoms. The van der Waals surface area contributed by atoms with Crippen LogP contribution in [-0.2, 0) is 11.2 Å². The van der Waals surface area contributed by atoms with E-state index in [1.54, 1.807) is 0 Å². The lowest BCUT2D eigenvalue weighted by Crippen LogP contribution is -2.40. The average molecular weight is 225 g/mol. The zero-order valence-electron chi connectivity index (χ0n) is 9.77. The maximum Gasteiger partial charge on any atom is 0.120 e. The first-order valence-corrected chi connectivity index (χ1v) is 5.81. The minimum absolute atomic E-state index is 0.00479. The number of hydrogen-bond donors (Lipinski definition) is 2. The Bertz CT molecular complexity index is 337. The Balaban J connectivity index is 1.94. The Morgan fingerprint density at radius 3 is 2.88 bits per heavy atom. The molecule has 0 bridgehead atoms. The molecular formula is C12H19NO3. The first kappa shape index (κ1) is 11.6. The molecule has 4 heteroatoms. The Kier molecular flexibility index (Phi) is 3.63. The highest BCUT2D eigenvalue weighted by molar-refractivity contribution is 5.10. The molecule has 1 aliphatic rings. The molecule has 1 aromatic rings. The summed E-state index contributed by atoms with van der Waals surface area (Å²) in [6.07, 6.45) is 0.491. The molecule has 3 unspecified atom stereocenters. The molecule has 0 amide bonds. The van der Waals surface area contributed by atoms with Crippen molar-refractivity contribution in [2.45, 2.75) is 38.5 Å². The molecule has 3 atom stereocenters. The lowest BCUT2D eigenvalue weighted by molar-refractivity contribution is 0.121. The number of aryl methyl sites for hydroxylation is 1. The van der Waals surface area contributed by atoms with Crippen molar-refractivity contribution >= 4 is 0 Å². The van der Waals surface area contributed by atoms with Crippen molar-refractivity contribution in [2.24, 2.45) is 0 Å². The maximum atomic E-state index is 9.62. The molecule has 2 rings (SSSR count). The third-order valence-electron chi connectivity index (χ3n) is 2.97. The summed E-state index contributed by atoms with van der Waals surface area (Å²) >= 11 is 0. The van der Waals surface area contributed by atoms with E-state index in [2.05, 4.69) is 12.2 Å². The molecular weight excluding hydrogens is 206 g/mol. The number of aliphatic hydroxyl groups is 1. The number of nitrogens with one attached hydrogen (secondary N) is 1. The second-order valence-electron chi connectivity index (χ2n) is 4.26. The predicted molar refractivity (Wildman–Crippen MR) is 60.3 cm³/mol. The van der Waals surface area contributed by atoms with E-state index in [1.165, 1.54) is 0 Å². The van der Waals surface area contributed by atoms with Crippen LogP contribution >= 0.6 is 0 Å². The minimum Gasteiger partial charge on any atom is -0.464 e. The highest BCUT2D eigenvalue weighted by atomic mass is 16.5. The highest BCUT2D eigenvalue weighted by Crippen LogP contribution is 2.18. The zero-order valence-corrected chi connectivity index (χ0v) is 9.77. The summed E-state index contributed by atoms with van der Waals surface area (Å²) in [5.74, 6) is 1.91. The standard InChI is InChI=1S/C12H19NO3/c1-3-9-4-5-12(16-9)8(2)13-10-6-15-7-11(10)14/h4-5,8,10-11,13-14H,3,6-7H2,1-2H3. The topological polar surface area (TPSA) is 54.6 Å². The van der Waals surface area contributed by atoms with Crippen LogP contribution < -0.4 is 5.32 Å².